The molecule has 0 radical (unpaired) electrons. The summed E-state index contributed by atoms with van der Waals surface area (Å²) >= 11 is 3.43. The SMILES string of the molecule is CCc1ccc(N=C2NC(=O)/C(=C/c3cc(I)c(OCc4ccccc4F)c(OC)c3)S2)cc1. The number of amidine groups is 1. The first-order chi connectivity index (χ1) is 16.5. The van der Waals surface area contributed by atoms with Gasteiger partial charge in [-0.05, 0) is 88.3 Å². The molecular formula is C26H22FIN2O3S. The Morgan fingerprint density at radius 1 is 1.15 bits per heavy atom. The van der Waals surface area contributed by atoms with Crippen molar-refractivity contribution >= 4 is 57.2 Å². The second kappa shape index (κ2) is 11.1. The number of aryl methyl sites for hydroxylation is 1. The maximum absolute atomic E-state index is 13.9. The second-order valence-corrected chi connectivity index (χ2v) is 9.61. The van der Waals surface area contributed by atoms with Gasteiger partial charge < -0.3 is 14.8 Å². The highest BCUT2D eigenvalue weighted by atomic mass is 127. The molecule has 1 heterocycles. The van der Waals surface area contributed by atoms with Crippen molar-refractivity contribution in [2.75, 3.05) is 7.11 Å². The van der Waals surface area contributed by atoms with Gasteiger partial charge in [-0.2, -0.15) is 0 Å². The number of benzene rings is 3. The molecule has 4 rings (SSSR count). The number of aliphatic imine (C=N–C) groups is 1. The molecule has 1 aliphatic rings. The summed E-state index contributed by atoms with van der Waals surface area (Å²) in [6.07, 6.45) is 2.75. The van der Waals surface area contributed by atoms with Crippen LogP contribution in [-0.4, -0.2) is 18.2 Å². The lowest BCUT2D eigenvalue weighted by molar-refractivity contribution is -0.115. The highest BCUT2D eigenvalue weighted by Crippen LogP contribution is 2.36. The number of nitrogens with one attached hydrogen (secondary N) is 1. The summed E-state index contributed by atoms with van der Waals surface area (Å²) in [5.41, 5.74) is 3.26. The van der Waals surface area contributed by atoms with Crippen LogP contribution in [0.1, 0.15) is 23.6 Å². The molecule has 8 heteroatoms. The van der Waals surface area contributed by atoms with Crippen LogP contribution in [-0.2, 0) is 17.8 Å². The predicted molar refractivity (Wildman–Crippen MR) is 143 cm³/mol. The molecule has 1 fully saturated rings. The van der Waals surface area contributed by atoms with Crippen LogP contribution in [0.5, 0.6) is 11.5 Å². The summed E-state index contributed by atoms with van der Waals surface area (Å²) in [7, 11) is 1.55. The van der Waals surface area contributed by atoms with Crippen LogP contribution in [0.4, 0.5) is 10.1 Å². The van der Waals surface area contributed by atoms with Gasteiger partial charge in [-0.1, -0.05) is 37.3 Å². The van der Waals surface area contributed by atoms with Crippen LogP contribution in [0.15, 0.2) is 70.6 Å². The highest BCUT2D eigenvalue weighted by molar-refractivity contribution is 14.1. The maximum Gasteiger partial charge on any atom is 0.264 e. The molecule has 1 aliphatic heterocycles. The lowest BCUT2D eigenvalue weighted by atomic mass is 10.1. The normalized spacial score (nSPS) is 15.6. The summed E-state index contributed by atoms with van der Waals surface area (Å²) in [4.78, 5) is 17.6. The Hall–Kier alpha value is -2.85. The number of nitrogens with zero attached hydrogens (tertiary/aromatic N) is 1. The largest absolute Gasteiger partial charge is 0.493 e. The standard InChI is InChI=1S/C26H22FIN2O3S/c1-3-16-8-10-19(11-9-16)29-26-30-25(31)23(34-26)14-17-12-21(28)24(22(13-17)32-2)33-15-18-6-4-5-7-20(18)27/h4-14H,3,15H2,1-2H3,(H,29,30,31)/b23-14-. The molecule has 0 bridgehead atoms. The maximum atomic E-state index is 13.9. The van der Waals surface area contributed by atoms with Crippen LogP contribution in [0.25, 0.3) is 6.08 Å². The van der Waals surface area contributed by atoms with E-state index in [4.69, 9.17) is 9.47 Å². The highest BCUT2D eigenvalue weighted by Gasteiger charge is 2.24. The van der Waals surface area contributed by atoms with Crippen molar-refractivity contribution in [2.45, 2.75) is 20.0 Å². The monoisotopic (exact) mass is 588 g/mol. The van der Waals surface area contributed by atoms with E-state index in [0.717, 1.165) is 21.2 Å². The minimum atomic E-state index is -0.319. The van der Waals surface area contributed by atoms with Crippen molar-refractivity contribution in [3.05, 3.63) is 91.6 Å². The first-order valence-corrected chi connectivity index (χ1v) is 12.5. The number of rotatable bonds is 7. The molecule has 1 N–H and O–H groups in total. The molecule has 0 unspecified atom stereocenters. The van der Waals surface area contributed by atoms with Crippen molar-refractivity contribution in [3.63, 3.8) is 0 Å². The van der Waals surface area contributed by atoms with E-state index < -0.39 is 0 Å². The van der Waals surface area contributed by atoms with Crippen LogP contribution >= 0.6 is 34.4 Å². The summed E-state index contributed by atoms with van der Waals surface area (Å²) in [6.45, 7) is 2.18. The van der Waals surface area contributed by atoms with Crippen LogP contribution in [0.2, 0.25) is 0 Å². The molecule has 34 heavy (non-hydrogen) atoms. The molecule has 0 atom stereocenters. The van der Waals surface area contributed by atoms with Gasteiger partial charge in [0, 0.05) is 5.56 Å². The molecule has 0 aliphatic carbocycles. The third-order valence-corrected chi connectivity index (χ3v) is 6.82. The Labute approximate surface area is 215 Å². The van der Waals surface area contributed by atoms with Gasteiger partial charge in [0.25, 0.3) is 5.91 Å². The number of carbonyl (C=O) groups excluding carboxylic acids is 1. The first kappa shape index (κ1) is 24.3. The molecule has 1 saturated heterocycles. The van der Waals surface area contributed by atoms with Gasteiger partial charge >= 0.3 is 0 Å². The van der Waals surface area contributed by atoms with Crippen molar-refractivity contribution in [2.24, 2.45) is 4.99 Å². The fourth-order valence-electron chi connectivity index (χ4n) is 3.28. The van der Waals surface area contributed by atoms with Gasteiger partial charge in [0.05, 0.1) is 21.3 Å². The minimum Gasteiger partial charge on any atom is -0.493 e. The molecule has 1 amide bonds. The molecule has 174 valence electrons. The number of hydrogen-bond donors (Lipinski definition) is 1. The molecule has 0 spiro atoms. The van der Waals surface area contributed by atoms with Crippen molar-refractivity contribution in [3.8, 4) is 11.5 Å². The number of ether oxygens (including phenoxy) is 2. The number of carbonyl (C=O) groups is 1. The van der Waals surface area contributed by atoms with E-state index >= 15 is 0 Å². The van der Waals surface area contributed by atoms with Gasteiger partial charge in [-0.3, -0.25) is 4.79 Å². The average molecular weight is 588 g/mol. The van der Waals surface area contributed by atoms with Crippen molar-refractivity contribution in [1.29, 1.82) is 0 Å². The molecule has 3 aromatic rings. The second-order valence-electron chi connectivity index (χ2n) is 7.42. The molecule has 0 saturated carbocycles. The van der Waals surface area contributed by atoms with E-state index in [2.05, 4.69) is 39.8 Å². The smallest absolute Gasteiger partial charge is 0.264 e. The molecular weight excluding hydrogens is 566 g/mol. The van der Waals surface area contributed by atoms with Gasteiger partial charge in [0.1, 0.15) is 12.4 Å². The molecule has 5 nitrogen and oxygen atoms in total. The molecule has 3 aromatic carbocycles. The number of halogens is 2. The van der Waals surface area contributed by atoms with E-state index in [-0.39, 0.29) is 18.3 Å². The zero-order valence-electron chi connectivity index (χ0n) is 18.6. The van der Waals surface area contributed by atoms with Crippen LogP contribution < -0.4 is 14.8 Å². The Morgan fingerprint density at radius 2 is 1.91 bits per heavy atom. The fraction of sp³-hybridized carbons (Fsp3) is 0.154. The zero-order valence-corrected chi connectivity index (χ0v) is 21.6. The summed E-state index contributed by atoms with van der Waals surface area (Å²) in [6, 6.07) is 18.1. The minimum absolute atomic E-state index is 0.0801. The van der Waals surface area contributed by atoms with Gasteiger partial charge in [0.15, 0.2) is 16.7 Å². The first-order valence-electron chi connectivity index (χ1n) is 10.6. The number of thioether (sulfide) groups is 1. The van der Waals surface area contributed by atoms with Gasteiger partial charge in [0.2, 0.25) is 0 Å². The Bertz CT molecular complexity index is 1280. The quantitative estimate of drug-likeness (QED) is 0.254. The van der Waals surface area contributed by atoms with E-state index in [1.54, 1.807) is 37.5 Å². The van der Waals surface area contributed by atoms with Gasteiger partial charge in [-0.25, -0.2) is 9.38 Å². The van der Waals surface area contributed by atoms with Crippen molar-refractivity contribution in [1.82, 2.24) is 5.32 Å². The van der Waals surface area contributed by atoms with E-state index in [0.29, 0.717) is 27.1 Å². The predicted octanol–water partition coefficient (Wildman–Crippen LogP) is 6.47. The summed E-state index contributed by atoms with van der Waals surface area (Å²) in [5.74, 6) is 0.502. The summed E-state index contributed by atoms with van der Waals surface area (Å²) < 4.78 is 26.1. The zero-order chi connectivity index (χ0) is 24.1. The Kier molecular flexibility index (Phi) is 7.89. The summed E-state index contributed by atoms with van der Waals surface area (Å²) in [5, 5.41) is 3.35. The third kappa shape index (κ3) is 5.79. The number of methoxy groups -OCH3 is 1. The Morgan fingerprint density at radius 3 is 2.62 bits per heavy atom. The van der Waals surface area contributed by atoms with Crippen molar-refractivity contribution < 1.29 is 18.7 Å². The number of hydrogen-bond acceptors (Lipinski definition) is 5. The lowest BCUT2D eigenvalue weighted by Gasteiger charge is -2.14. The van der Waals surface area contributed by atoms with E-state index in [9.17, 15) is 9.18 Å². The number of amides is 1. The third-order valence-electron chi connectivity index (χ3n) is 5.11. The Balaban J connectivity index is 1.53. The van der Waals surface area contributed by atoms with Gasteiger partial charge in [-0.15, -0.1) is 0 Å². The fourth-order valence-corrected chi connectivity index (χ4v) is 4.91. The topological polar surface area (TPSA) is 59.9 Å². The van der Waals surface area contributed by atoms with E-state index in [1.165, 1.54) is 23.4 Å². The van der Waals surface area contributed by atoms with Crippen LogP contribution in [0, 0.1) is 9.39 Å². The van der Waals surface area contributed by atoms with Crippen LogP contribution in [0.3, 0.4) is 0 Å². The van der Waals surface area contributed by atoms with E-state index in [1.807, 2.05) is 30.3 Å². The average Bonchev–Trinajstić information content (AvgIpc) is 3.17. The lowest BCUT2D eigenvalue weighted by Crippen LogP contribution is -2.19. The molecule has 0 aromatic heterocycles.